The van der Waals surface area contributed by atoms with Crippen molar-refractivity contribution in [3.05, 3.63) is 36.2 Å². The van der Waals surface area contributed by atoms with Gasteiger partial charge >= 0.3 is 0 Å². The standard InChI is InChI=1S/C12H15BrN4/c1-2-6-10(13)9-12-14-15-16-17(12)11-7-4-3-5-8-11/h3-5,7-8,10H,2,6,9H2,1H3. The highest BCUT2D eigenvalue weighted by molar-refractivity contribution is 9.09. The summed E-state index contributed by atoms with van der Waals surface area (Å²) < 4.78 is 1.80. The molecule has 90 valence electrons. The Hall–Kier alpha value is -1.23. The highest BCUT2D eigenvalue weighted by Gasteiger charge is 2.12. The van der Waals surface area contributed by atoms with Crippen molar-refractivity contribution in [2.45, 2.75) is 31.0 Å². The summed E-state index contributed by atoms with van der Waals surface area (Å²) in [5.41, 5.74) is 1.00. The van der Waals surface area contributed by atoms with E-state index in [1.165, 1.54) is 0 Å². The van der Waals surface area contributed by atoms with Crippen LogP contribution in [0.5, 0.6) is 0 Å². The SMILES string of the molecule is CCCC(Br)Cc1nnnn1-c1ccccc1. The average molecular weight is 295 g/mol. The molecule has 0 spiro atoms. The number of hydrogen-bond acceptors (Lipinski definition) is 3. The molecule has 1 atom stereocenters. The van der Waals surface area contributed by atoms with E-state index >= 15 is 0 Å². The molecule has 1 aromatic carbocycles. The van der Waals surface area contributed by atoms with Gasteiger partial charge in [-0.15, -0.1) is 5.10 Å². The van der Waals surface area contributed by atoms with E-state index in [1.807, 2.05) is 30.3 Å². The molecule has 0 radical (unpaired) electrons. The second kappa shape index (κ2) is 5.91. The van der Waals surface area contributed by atoms with Gasteiger partial charge in [-0.2, -0.15) is 4.68 Å². The molecule has 1 aromatic heterocycles. The highest BCUT2D eigenvalue weighted by Crippen LogP contribution is 2.15. The lowest BCUT2D eigenvalue weighted by molar-refractivity contribution is 0.694. The number of alkyl halides is 1. The molecule has 0 aliphatic rings. The van der Waals surface area contributed by atoms with Crippen LogP contribution in [0.15, 0.2) is 30.3 Å². The lowest BCUT2D eigenvalue weighted by atomic mass is 10.2. The van der Waals surface area contributed by atoms with Crippen LogP contribution in [0.1, 0.15) is 25.6 Å². The number of aromatic nitrogens is 4. The first-order valence-corrected chi connectivity index (χ1v) is 6.69. The molecule has 0 bridgehead atoms. The van der Waals surface area contributed by atoms with E-state index in [2.05, 4.69) is 38.4 Å². The van der Waals surface area contributed by atoms with Crippen molar-refractivity contribution in [1.82, 2.24) is 20.2 Å². The molecule has 2 rings (SSSR count). The van der Waals surface area contributed by atoms with Crippen molar-refractivity contribution in [3.8, 4) is 5.69 Å². The lowest BCUT2D eigenvalue weighted by Crippen LogP contribution is -2.09. The minimum Gasteiger partial charge on any atom is -0.197 e. The Labute approximate surface area is 109 Å². The van der Waals surface area contributed by atoms with Crippen LogP contribution in [0, 0.1) is 0 Å². The minimum atomic E-state index is 0.431. The van der Waals surface area contributed by atoms with Gasteiger partial charge in [0.2, 0.25) is 0 Å². The molecule has 0 saturated carbocycles. The van der Waals surface area contributed by atoms with Gasteiger partial charge in [0.05, 0.1) is 5.69 Å². The van der Waals surface area contributed by atoms with Crippen LogP contribution < -0.4 is 0 Å². The van der Waals surface area contributed by atoms with Crippen molar-refractivity contribution in [3.63, 3.8) is 0 Å². The second-order valence-corrected chi connectivity index (χ2v) is 5.23. The normalized spacial score (nSPS) is 12.6. The molecule has 17 heavy (non-hydrogen) atoms. The first kappa shape index (κ1) is 12.2. The van der Waals surface area contributed by atoms with Crippen LogP contribution >= 0.6 is 15.9 Å². The first-order chi connectivity index (χ1) is 8.31. The molecular weight excluding hydrogens is 280 g/mol. The molecule has 1 unspecified atom stereocenters. The van der Waals surface area contributed by atoms with Gasteiger partial charge in [0.25, 0.3) is 0 Å². The molecule has 0 aliphatic carbocycles. The number of hydrogen-bond donors (Lipinski definition) is 0. The third-order valence-corrected chi connectivity index (χ3v) is 3.32. The van der Waals surface area contributed by atoms with E-state index in [-0.39, 0.29) is 0 Å². The van der Waals surface area contributed by atoms with Crippen LogP contribution in [-0.4, -0.2) is 25.0 Å². The van der Waals surface area contributed by atoms with Gasteiger partial charge in [-0.05, 0) is 29.0 Å². The zero-order valence-electron chi connectivity index (χ0n) is 9.75. The van der Waals surface area contributed by atoms with Gasteiger partial charge in [0, 0.05) is 11.2 Å². The third kappa shape index (κ3) is 3.12. The van der Waals surface area contributed by atoms with E-state index in [9.17, 15) is 0 Å². The van der Waals surface area contributed by atoms with Crippen LogP contribution in [0.25, 0.3) is 5.69 Å². The Morgan fingerprint density at radius 2 is 2.06 bits per heavy atom. The fourth-order valence-corrected chi connectivity index (χ4v) is 2.46. The van der Waals surface area contributed by atoms with Crippen LogP contribution in [-0.2, 0) is 6.42 Å². The van der Waals surface area contributed by atoms with E-state index in [0.717, 1.165) is 30.8 Å². The van der Waals surface area contributed by atoms with Crippen molar-refractivity contribution in [2.24, 2.45) is 0 Å². The quantitative estimate of drug-likeness (QED) is 0.797. The van der Waals surface area contributed by atoms with E-state index in [1.54, 1.807) is 4.68 Å². The molecule has 0 amide bonds. The predicted octanol–water partition coefficient (Wildman–Crippen LogP) is 2.77. The van der Waals surface area contributed by atoms with Gasteiger partial charge in [0.15, 0.2) is 5.82 Å². The smallest absolute Gasteiger partial charge is 0.157 e. The summed E-state index contributed by atoms with van der Waals surface area (Å²) in [6.45, 7) is 2.18. The van der Waals surface area contributed by atoms with Crippen molar-refractivity contribution in [2.75, 3.05) is 0 Å². The molecule has 5 heteroatoms. The third-order valence-electron chi connectivity index (χ3n) is 2.54. The monoisotopic (exact) mass is 294 g/mol. The molecule has 0 saturated heterocycles. The van der Waals surface area contributed by atoms with Crippen molar-refractivity contribution in [1.29, 1.82) is 0 Å². The van der Waals surface area contributed by atoms with Crippen molar-refractivity contribution < 1.29 is 0 Å². The lowest BCUT2D eigenvalue weighted by Gasteiger charge is -2.08. The highest BCUT2D eigenvalue weighted by atomic mass is 79.9. The zero-order chi connectivity index (χ0) is 12.1. The van der Waals surface area contributed by atoms with Crippen molar-refractivity contribution >= 4 is 15.9 Å². The fraction of sp³-hybridized carbons (Fsp3) is 0.417. The predicted molar refractivity (Wildman–Crippen MR) is 70.5 cm³/mol. The summed E-state index contributed by atoms with van der Waals surface area (Å²) in [7, 11) is 0. The molecule has 1 heterocycles. The maximum atomic E-state index is 4.09. The van der Waals surface area contributed by atoms with Crippen LogP contribution in [0.3, 0.4) is 0 Å². The van der Waals surface area contributed by atoms with E-state index in [4.69, 9.17) is 0 Å². The van der Waals surface area contributed by atoms with Gasteiger partial charge in [-0.25, -0.2) is 0 Å². The summed E-state index contributed by atoms with van der Waals surface area (Å²) in [5, 5.41) is 11.9. The molecular formula is C12H15BrN4. The second-order valence-electron chi connectivity index (χ2n) is 3.93. The van der Waals surface area contributed by atoms with Gasteiger partial charge in [-0.3, -0.25) is 0 Å². The molecule has 0 aliphatic heterocycles. The van der Waals surface area contributed by atoms with Crippen LogP contribution in [0.2, 0.25) is 0 Å². The Morgan fingerprint density at radius 3 is 2.76 bits per heavy atom. The maximum Gasteiger partial charge on any atom is 0.157 e. The van der Waals surface area contributed by atoms with E-state index < -0.39 is 0 Å². The largest absolute Gasteiger partial charge is 0.197 e. The summed E-state index contributed by atoms with van der Waals surface area (Å²) >= 11 is 3.66. The van der Waals surface area contributed by atoms with Crippen LogP contribution in [0.4, 0.5) is 0 Å². The first-order valence-electron chi connectivity index (χ1n) is 5.78. The number of benzene rings is 1. The zero-order valence-corrected chi connectivity index (χ0v) is 11.3. The van der Waals surface area contributed by atoms with Gasteiger partial charge in [-0.1, -0.05) is 47.5 Å². The maximum absolute atomic E-state index is 4.09. The number of para-hydroxylation sites is 1. The summed E-state index contributed by atoms with van der Waals surface area (Å²) in [6.07, 6.45) is 3.13. The van der Waals surface area contributed by atoms with E-state index in [0.29, 0.717) is 4.83 Å². The molecule has 0 fully saturated rings. The number of halogens is 1. The Kier molecular flexibility index (Phi) is 4.25. The Bertz CT molecular complexity index is 455. The summed E-state index contributed by atoms with van der Waals surface area (Å²) in [5.74, 6) is 0.895. The Morgan fingerprint density at radius 1 is 1.29 bits per heavy atom. The topological polar surface area (TPSA) is 43.6 Å². The average Bonchev–Trinajstić information content (AvgIpc) is 2.78. The fourth-order valence-electron chi connectivity index (χ4n) is 1.72. The Balaban J connectivity index is 2.18. The van der Waals surface area contributed by atoms with Gasteiger partial charge < -0.3 is 0 Å². The molecule has 2 aromatic rings. The molecule has 0 N–H and O–H groups in total. The number of nitrogens with zero attached hydrogens (tertiary/aromatic N) is 4. The van der Waals surface area contributed by atoms with Gasteiger partial charge in [0.1, 0.15) is 0 Å². The number of tetrazole rings is 1. The summed E-state index contributed by atoms with van der Waals surface area (Å²) in [4.78, 5) is 0.431. The summed E-state index contributed by atoms with van der Waals surface area (Å²) in [6, 6.07) is 9.96. The molecule has 4 nitrogen and oxygen atoms in total. The number of rotatable bonds is 5. The minimum absolute atomic E-state index is 0.431.